The third-order valence-corrected chi connectivity index (χ3v) is 7.66. The number of carbonyl (C=O) groups excluding carboxylic acids is 1. The monoisotopic (exact) mass is 482 g/mol. The summed E-state index contributed by atoms with van der Waals surface area (Å²) in [7, 11) is 0. The Morgan fingerprint density at radius 3 is 2.11 bits per heavy atom. The van der Waals surface area contributed by atoms with Gasteiger partial charge in [0.1, 0.15) is 5.54 Å². The Balaban J connectivity index is 1.96. The first kappa shape index (κ1) is 25.2. The first-order chi connectivity index (χ1) is 17.1. The predicted octanol–water partition coefficient (Wildman–Crippen LogP) is 6.18. The van der Waals surface area contributed by atoms with E-state index in [0.717, 1.165) is 38.7 Å². The summed E-state index contributed by atoms with van der Waals surface area (Å²) in [5.41, 5.74) is 3.37. The van der Waals surface area contributed by atoms with Gasteiger partial charge in [-0.2, -0.15) is 0 Å². The van der Waals surface area contributed by atoms with Crippen LogP contribution in [0.15, 0.2) is 79.0 Å². The number of H-pyrrole nitrogens is 1. The van der Waals surface area contributed by atoms with E-state index < -0.39 is 16.9 Å². The lowest BCUT2D eigenvalue weighted by molar-refractivity contribution is -0.164. The molecule has 2 atom stereocenters. The van der Waals surface area contributed by atoms with E-state index in [1.165, 1.54) is 11.8 Å². The van der Waals surface area contributed by atoms with Crippen molar-refractivity contribution in [2.75, 3.05) is 0 Å². The van der Waals surface area contributed by atoms with Gasteiger partial charge >= 0.3 is 5.97 Å². The van der Waals surface area contributed by atoms with Gasteiger partial charge in [-0.3, -0.25) is 4.79 Å². The Morgan fingerprint density at radius 2 is 1.50 bits per heavy atom. The van der Waals surface area contributed by atoms with Gasteiger partial charge in [0.2, 0.25) is 5.91 Å². The van der Waals surface area contributed by atoms with Crippen molar-refractivity contribution in [1.29, 1.82) is 0 Å². The molecule has 0 spiro atoms. The van der Waals surface area contributed by atoms with Crippen LogP contribution >= 0.6 is 0 Å². The molecule has 1 aromatic heterocycles. The van der Waals surface area contributed by atoms with Gasteiger partial charge in [0, 0.05) is 36.0 Å². The number of carboxylic acids is 1. The second kappa shape index (κ2) is 9.65. The summed E-state index contributed by atoms with van der Waals surface area (Å²) in [6, 6.07) is 23.9. The number of nitrogens with one attached hydrogen (secondary N) is 1. The Labute approximate surface area is 212 Å². The summed E-state index contributed by atoms with van der Waals surface area (Å²) in [5, 5.41) is 11.9. The van der Waals surface area contributed by atoms with Crippen LogP contribution in [0.4, 0.5) is 0 Å². The smallest absolute Gasteiger partial charge is 0.330 e. The number of fused-ring (bicyclic) bond motifs is 1. The van der Waals surface area contributed by atoms with Crippen molar-refractivity contribution >= 4 is 22.8 Å². The molecule has 36 heavy (non-hydrogen) atoms. The molecule has 1 amide bonds. The van der Waals surface area contributed by atoms with Gasteiger partial charge in [0.05, 0.1) is 0 Å². The van der Waals surface area contributed by atoms with Crippen LogP contribution in [-0.4, -0.2) is 32.4 Å². The molecular formula is C31H34N2O3. The Morgan fingerprint density at radius 1 is 0.889 bits per heavy atom. The third kappa shape index (κ3) is 4.41. The van der Waals surface area contributed by atoms with Crippen LogP contribution in [0.25, 0.3) is 10.9 Å². The minimum atomic E-state index is -1.56. The number of aliphatic carboxylic acids is 1. The van der Waals surface area contributed by atoms with Crippen molar-refractivity contribution < 1.29 is 14.7 Å². The van der Waals surface area contributed by atoms with E-state index >= 15 is 0 Å². The summed E-state index contributed by atoms with van der Waals surface area (Å²) in [6.45, 7) is 9.36. The number of amides is 1. The van der Waals surface area contributed by atoms with Crippen molar-refractivity contribution in [2.24, 2.45) is 0 Å². The van der Waals surface area contributed by atoms with Gasteiger partial charge in [-0.15, -0.1) is 0 Å². The van der Waals surface area contributed by atoms with Crippen molar-refractivity contribution in [3.8, 4) is 0 Å². The van der Waals surface area contributed by atoms with Gasteiger partial charge in [-0.25, -0.2) is 4.79 Å². The lowest BCUT2D eigenvalue weighted by Crippen LogP contribution is -2.65. The number of hydrogen-bond donors (Lipinski definition) is 2. The molecule has 0 saturated carbocycles. The minimum Gasteiger partial charge on any atom is -0.479 e. The molecule has 0 radical (unpaired) electrons. The van der Waals surface area contributed by atoms with Crippen LogP contribution in [-0.2, 0) is 28.0 Å². The molecule has 0 aliphatic rings. The SMILES string of the molecule is CC(=O)N(Cc1cccc(C)c1)[C@@](C)(C(=O)O)C(C)(Cc1cccc(C)c1)c1c[nH]c2ccccc12. The average Bonchev–Trinajstić information content (AvgIpc) is 3.26. The highest BCUT2D eigenvalue weighted by atomic mass is 16.4. The Kier molecular flexibility index (Phi) is 6.77. The number of aromatic amines is 1. The molecule has 0 saturated heterocycles. The first-order valence-corrected chi connectivity index (χ1v) is 12.3. The second-order valence-electron chi connectivity index (χ2n) is 10.2. The second-order valence-corrected chi connectivity index (χ2v) is 10.2. The highest BCUT2D eigenvalue weighted by molar-refractivity contribution is 5.91. The molecule has 0 fully saturated rings. The molecule has 1 unspecified atom stereocenters. The third-order valence-electron chi connectivity index (χ3n) is 7.66. The normalized spacial score (nSPS) is 14.7. The lowest BCUT2D eigenvalue weighted by atomic mass is 9.62. The minimum absolute atomic E-state index is 0.200. The van der Waals surface area contributed by atoms with Gasteiger partial charge in [-0.1, -0.05) is 84.8 Å². The number of nitrogens with zero attached hydrogens (tertiary/aromatic N) is 1. The molecule has 3 aromatic carbocycles. The Bertz CT molecular complexity index is 1420. The molecule has 0 aliphatic heterocycles. The zero-order chi connectivity index (χ0) is 26.1. The molecule has 4 aromatic rings. The van der Waals surface area contributed by atoms with E-state index in [4.69, 9.17) is 0 Å². The van der Waals surface area contributed by atoms with E-state index in [1.54, 1.807) is 6.92 Å². The van der Waals surface area contributed by atoms with Crippen LogP contribution in [0.2, 0.25) is 0 Å². The number of aryl methyl sites for hydroxylation is 2. The molecule has 2 N–H and O–H groups in total. The topological polar surface area (TPSA) is 73.4 Å². The van der Waals surface area contributed by atoms with E-state index in [-0.39, 0.29) is 12.5 Å². The van der Waals surface area contributed by atoms with Gasteiger partial charge in [-0.05, 0) is 49.9 Å². The largest absolute Gasteiger partial charge is 0.479 e. The van der Waals surface area contributed by atoms with Gasteiger partial charge < -0.3 is 15.0 Å². The number of carbonyl (C=O) groups is 2. The summed E-state index contributed by atoms with van der Waals surface area (Å²) >= 11 is 0. The van der Waals surface area contributed by atoms with Crippen molar-refractivity contribution in [1.82, 2.24) is 9.88 Å². The van der Waals surface area contributed by atoms with Crippen molar-refractivity contribution in [3.63, 3.8) is 0 Å². The van der Waals surface area contributed by atoms with Crippen LogP contribution in [0.1, 0.15) is 48.6 Å². The van der Waals surface area contributed by atoms with Gasteiger partial charge in [0.15, 0.2) is 0 Å². The maximum absolute atomic E-state index is 13.4. The van der Waals surface area contributed by atoms with Crippen molar-refractivity contribution in [3.05, 3.63) is 107 Å². The first-order valence-electron chi connectivity index (χ1n) is 12.3. The average molecular weight is 483 g/mol. The molecule has 4 rings (SSSR count). The standard InChI is InChI=1S/C31H34N2O3/c1-21-10-8-12-24(16-21)18-30(4,27-19-32-28-15-7-6-14-26(27)28)31(5,29(35)36)33(23(3)34)20-25-13-9-11-22(2)17-25/h6-17,19,32H,18,20H2,1-5H3,(H,35,36)/t30?,31-/m0/s1. The molecular weight excluding hydrogens is 448 g/mol. The molecule has 5 heteroatoms. The number of rotatable bonds is 8. The highest BCUT2D eigenvalue weighted by Crippen LogP contribution is 2.46. The zero-order valence-electron chi connectivity index (χ0n) is 21.6. The fourth-order valence-electron chi connectivity index (χ4n) is 5.51. The predicted molar refractivity (Wildman–Crippen MR) is 144 cm³/mol. The maximum Gasteiger partial charge on any atom is 0.330 e. The quantitative estimate of drug-likeness (QED) is 0.315. The van der Waals surface area contributed by atoms with Crippen LogP contribution < -0.4 is 0 Å². The lowest BCUT2D eigenvalue weighted by Gasteiger charge is -2.50. The number of benzene rings is 3. The van der Waals surface area contributed by atoms with Crippen LogP contribution in [0.5, 0.6) is 0 Å². The molecule has 1 heterocycles. The maximum atomic E-state index is 13.4. The number of aromatic nitrogens is 1. The highest BCUT2D eigenvalue weighted by Gasteiger charge is 2.57. The summed E-state index contributed by atoms with van der Waals surface area (Å²) in [6.07, 6.45) is 2.35. The molecule has 5 nitrogen and oxygen atoms in total. The fourth-order valence-corrected chi connectivity index (χ4v) is 5.51. The number of para-hydroxylation sites is 1. The zero-order valence-corrected chi connectivity index (χ0v) is 21.6. The van der Waals surface area contributed by atoms with E-state index in [1.807, 2.05) is 93.7 Å². The van der Waals surface area contributed by atoms with E-state index in [0.29, 0.717) is 6.42 Å². The molecule has 0 aliphatic carbocycles. The Hall–Kier alpha value is -3.86. The van der Waals surface area contributed by atoms with Crippen molar-refractivity contribution in [2.45, 2.75) is 58.5 Å². The molecule has 186 valence electrons. The fraction of sp³-hybridized carbons (Fsp3) is 0.290. The summed E-state index contributed by atoms with van der Waals surface area (Å²) < 4.78 is 0. The molecule has 0 bridgehead atoms. The number of carboxylic acid groups (broad SMARTS) is 1. The summed E-state index contributed by atoms with van der Waals surface area (Å²) in [4.78, 5) is 31.4. The van der Waals surface area contributed by atoms with Crippen LogP contribution in [0, 0.1) is 13.8 Å². The van der Waals surface area contributed by atoms with E-state index in [9.17, 15) is 14.7 Å². The summed E-state index contributed by atoms with van der Waals surface area (Å²) in [5.74, 6) is -1.32. The number of hydrogen-bond acceptors (Lipinski definition) is 2. The van der Waals surface area contributed by atoms with Crippen LogP contribution in [0.3, 0.4) is 0 Å². The van der Waals surface area contributed by atoms with Gasteiger partial charge in [0.25, 0.3) is 0 Å². The van der Waals surface area contributed by atoms with E-state index in [2.05, 4.69) is 11.1 Å².